The number of aromatic amines is 1. The molecule has 2 aliphatic rings. The summed E-state index contributed by atoms with van der Waals surface area (Å²) in [6.45, 7) is 4.10. The number of hydrogen-bond donors (Lipinski definition) is 3. The van der Waals surface area contributed by atoms with Gasteiger partial charge in [0.15, 0.2) is 0 Å². The average molecular weight is 378 g/mol. The molecule has 1 saturated carbocycles. The first-order valence-electron chi connectivity index (χ1n) is 10.00. The Balaban J connectivity index is 1.61. The van der Waals surface area contributed by atoms with E-state index in [0.29, 0.717) is 17.4 Å². The zero-order chi connectivity index (χ0) is 18.4. The summed E-state index contributed by atoms with van der Waals surface area (Å²) in [5, 5.41) is 11.0. The van der Waals surface area contributed by atoms with Gasteiger partial charge in [-0.1, -0.05) is 51.0 Å². The molecule has 0 radical (unpaired) electrons. The molecule has 0 aromatic carbocycles. The monoisotopic (exact) mass is 377 g/mol. The topological polar surface area (TPSA) is 84.9 Å². The molecule has 26 heavy (non-hydrogen) atoms. The highest BCUT2D eigenvalue weighted by Crippen LogP contribution is 2.31. The van der Waals surface area contributed by atoms with Crippen molar-refractivity contribution >= 4 is 24.0 Å². The third-order valence-electron chi connectivity index (χ3n) is 5.32. The third-order valence-corrected chi connectivity index (χ3v) is 6.45. The lowest BCUT2D eigenvalue weighted by molar-refractivity contribution is 0.280. The minimum absolute atomic E-state index is 0.197. The maximum atomic E-state index is 12.4. The lowest BCUT2D eigenvalue weighted by atomic mass is 9.95. The molecule has 0 amide bonds. The van der Waals surface area contributed by atoms with Crippen molar-refractivity contribution in [3.8, 4) is 0 Å². The summed E-state index contributed by atoms with van der Waals surface area (Å²) in [6, 6.07) is 0.372. The van der Waals surface area contributed by atoms with E-state index in [0.717, 1.165) is 38.0 Å². The number of rotatable bonds is 9. The summed E-state index contributed by atoms with van der Waals surface area (Å²) in [5.41, 5.74) is 0.154. The Hall–Kier alpha value is -1.34. The number of nitrogens with zero attached hydrogens (tertiary/aromatic N) is 2. The van der Waals surface area contributed by atoms with Crippen molar-refractivity contribution < 1.29 is 0 Å². The second-order valence-electron chi connectivity index (χ2n) is 7.42. The molecule has 3 N–H and O–H groups in total. The Morgan fingerprint density at radius 3 is 2.77 bits per heavy atom. The largest absolute Gasteiger partial charge is 0.367 e. The molecule has 0 atom stereocenters. The molecular formula is C19H31N5OS. The van der Waals surface area contributed by atoms with Crippen molar-refractivity contribution in [2.45, 2.75) is 70.3 Å². The molecule has 1 aromatic rings. The fraction of sp³-hybridized carbons (Fsp3) is 0.737. The normalized spacial score (nSPS) is 19.3. The van der Waals surface area contributed by atoms with E-state index in [1.165, 1.54) is 44.3 Å². The molecule has 7 heteroatoms. The predicted molar refractivity (Wildman–Crippen MR) is 110 cm³/mol. The van der Waals surface area contributed by atoms with E-state index in [4.69, 9.17) is 10.4 Å². The molecule has 0 bridgehead atoms. The first-order chi connectivity index (χ1) is 12.7. The van der Waals surface area contributed by atoms with Gasteiger partial charge in [0.2, 0.25) is 0 Å². The van der Waals surface area contributed by atoms with Crippen LogP contribution in [0, 0.1) is 5.41 Å². The van der Waals surface area contributed by atoms with Crippen LogP contribution in [0.2, 0.25) is 0 Å². The highest BCUT2D eigenvalue weighted by Gasteiger charge is 2.31. The number of unbranched alkanes of at least 4 members (excludes halogenated alkanes) is 2. The van der Waals surface area contributed by atoms with Crippen molar-refractivity contribution in [2.75, 3.05) is 24.2 Å². The highest BCUT2D eigenvalue weighted by molar-refractivity contribution is 7.97. The molecule has 1 saturated heterocycles. The first kappa shape index (κ1) is 19.4. The molecule has 6 nitrogen and oxygen atoms in total. The van der Waals surface area contributed by atoms with Crippen molar-refractivity contribution in [1.29, 1.82) is 5.41 Å². The summed E-state index contributed by atoms with van der Waals surface area (Å²) >= 11 is 1.91. The van der Waals surface area contributed by atoms with E-state index in [2.05, 4.69) is 21.5 Å². The summed E-state index contributed by atoms with van der Waals surface area (Å²) in [6.07, 6.45) is 10.9. The van der Waals surface area contributed by atoms with Gasteiger partial charge in [0.1, 0.15) is 11.6 Å². The Morgan fingerprint density at radius 1 is 1.31 bits per heavy atom. The summed E-state index contributed by atoms with van der Waals surface area (Å²) in [5.74, 6) is 2.82. The fourth-order valence-electron chi connectivity index (χ4n) is 3.64. The molecule has 1 aliphatic heterocycles. The van der Waals surface area contributed by atoms with Crippen LogP contribution in [0.1, 0.15) is 75.6 Å². The van der Waals surface area contributed by atoms with Crippen LogP contribution in [-0.4, -0.2) is 45.4 Å². The van der Waals surface area contributed by atoms with Crippen LogP contribution in [-0.2, 0) is 0 Å². The standard InChI is InChI=1S/C19H31N5OS/c1-2-3-7-10-26-24-12-14(13-24)17-22-18(16(11-20)19(25)23-17)21-15-8-5-4-6-9-15/h11,14-15,20H,2-10,12-13H2,1H3,(H2,21,22,23,25). The molecule has 1 aromatic heterocycles. The quantitative estimate of drug-likeness (QED) is 0.347. The SMILES string of the molecule is CCCCCSN1CC(c2nc(NC3CCCCC3)c(C=N)c(=O)[nH]2)C1. The zero-order valence-electron chi connectivity index (χ0n) is 15.7. The van der Waals surface area contributed by atoms with Crippen LogP contribution >= 0.6 is 11.9 Å². The molecule has 2 fully saturated rings. The van der Waals surface area contributed by atoms with E-state index in [1.54, 1.807) is 0 Å². The Morgan fingerprint density at radius 2 is 2.08 bits per heavy atom. The number of H-pyrrole nitrogens is 1. The summed E-state index contributed by atoms with van der Waals surface area (Å²) in [7, 11) is 0. The van der Waals surface area contributed by atoms with Crippen molar-refractivity contribution in [3.05, 3.63) is 21.7 Å². The molecule has 0 unspecified atom stereocenters. The van der Waals surface area contributed by atoms with E-state index >= 15 is 0 Å². The smallest absolute Gasteiger partial charge is 0.261 e. The molecule has 144 valence electrons. The van der Waals surface area contributed by atoms with E-state index in [-0.39, 0.29) is 11.5 Å². The number of aromatic nitrogens is 2. The number of nitrogens with one attached hydrogen (secondary N) is 3. The zero-order valence-corrected chi connectivity index (χ0v) is 16.5. The number of anilines is 1. The van der Waals surface area contributed by atoms with E-state index in [1.807, 2.05) is 11.9 Å². The Bertz CT molecular complexity index is 650. The van der Waals surface area contributed by atoms with Gasteiger partial charge in [-0.2, -0.15) is 0 Å². The second kappa shape index (κ2) is 9.55. The molecule has 1 aliphatic carbocycles. The van der Waals surface area contributed by atoms with Gasteiger partial charge in [-0.15, -0.1) is 0 Å². The molecule has 0 spiro atoms. The van der Waals surface area contributed by atoms with Crippen LogP contribution in [0.15, 0.2) is 4.79 Å². The van der Waals surface area contributed by atoms with Gasteiger partial charge in [0, 0.05) is 37.0 Å². The maximum absolute atomic E-state index is 12.4. The number of hydrogen-bond acceptors (Lipinski definition) is 6. The van der Waals surface area contributed by atoms with Gasteiger partial charge >= 0.3 is 0 Å². The van der Waals surface area contributed by atoms with Gasteiger partial charge in [-0.3, -0.25) is 4.79 Å². The molecule has 3 rings (SSSR count). The minimum atomic E-state index is -0.197. The van der Waals surface area contributed by atoms with Crippen LogP contribution in [0.3, 0.4) is 0 Å². The summed E-state index contributed by atoms with van der Waals surface area (Å²) < 4.78 is 2.36. The maximum Gasteiger partial charge on any atom is 0.261 e. The van der Waals surface area contributed by atoms with E-state index in [9.17, 15) is 4.79 Å². The summed E-state index contributed by atoms with van der Waals surface area (Å²) in [4.78, 5) is 20.0. The average Bonchev–Trinajstić information content (AvgIpc) is 2.60. The van der Waals surface area contributed by atoms with E-state index < -0.39 is 0 Å². The van der Waals surface area contributed by atoms with Gasteiger partial charge in [-0.25, -0.2) is 9.29 Å². The van der Waals surface area contributed by atoms with Crippen molar-refractivity contribution in [1.82, 2.24) is 14.3 Å². The van der Waals surface area contributed by atoms with Crippen molar-refractivity contribution in [3.63, 3.8) is 0 Å². The first-order valence-corrected chi connectivity index (χ1v) is 10.9. The van der Waals surface area contributed by atoms with Gasteiger partial charge < -0.3 is 15.7 Å². The second-order valence-corrected chi connectivity index (χ2v) is 8.60. The Kier molecular flexibility index (Phi) is 7.14. The van der Waals surface area contributed by atoms with Crippen molar-refractivity contribution in [2.24, 2.45) is 0 Å². The third kappa shape index (κ3) is 4.88. The lowest BCUT2D eigenvalue weighted by Crippen LogP contribution is -2.42. The lowest BCUT2D eigenvalue weighted by Gasteiger charge is -2.37. The fourth-order valence-corrected chi connectivity index (χ4v) is 4.80. The molecular weight excluding hydrogens is 346 g/mol. The minimum Gasteiger partial charge on any atom is -0.367 e. The Labute approximate surface area is 160 Å². The van der Waals surface area contributed by atoms with Crippen LogP contribution in [0.25, 0.3) is 0 Å². The predicted octanol–water partition coefficient (Wildman–Crippen LogP) is 3.75. The van der Waals surface area contributed by atoms with Crippen LogP contribution < -0.4 is 10.9 Å². The van der Waals surface area contributed by atoms with Crippen LogP contribution in [0.4, 0.5) is 5.82 Å². The van der Waals surface area contributed by atoms with Gasteiger partial charge in [0.05, 0.1) is 5.56 Å². The van der Waals surface area contributed by atoms with Gasteiger partial charge in [-0.05, 0) is 19.3 Å². The molecule has 2 heterocycles. The van der Waals surface area contributed by atoms with Gasteiger partial charge in [0.25, 0.3) is 5.56 Å². The highest BCUT2D eigenvalue weighted by atomic mass is 32.2. The van der Waals surface area contributed by atoms with Crippen LogP contribution in [0.5, 0.6) is 0 Å².